The summed E-state index contributed by atoms with van der Waals surface area (Å²) < 4.78 is 18.8. The van der Waals surface area contributed by atoms with E-state index < -0.39 is 0 Å². The van der Waals surface area contributed by atoms with Gasteiger partial charge in [-0.25, -0.2) is 4.39 Å². The molecule has 0 radical (unpaired) electrons. The molecule has 1 aromatic heterocycles. The van der Waals surface area contributed by atoms with E-state index in [9.17, 15) is 4.39 Å². The van der Waals surface area contributed by atoms with Crippen molar-refractivity contribution in [1.82, 2.24) is 15.5 Å². The molecular formula is C15H18FN3O. The minimum atomic E-state index is -0.225. The Balaban J connectivity index is 1.63. The van der Waals surface area contributed by atoms with Crippen molar-refractivity contribution in [2.45, 2.75) is 25.7 Å². The van der Waals surface area contributed by atoms with Crippen molar-refractivity contribution >= 4 is 0 Å². The van der Waals surface area contributed by atoms with E-state index in [1.165, 1.54) is 6.07 Å². The standard InChI is InChI=1S/C15H18FN3O/c16-13-4-2-1-3-12(13)10-14-18-15(20-19-14)9-11-5-7-17-8-6-11/h1-4,11,17H,5-10H2. The van der Waals surface area contributed by atoms with Crippen molar-refractivity contribution in [3.63, 3.8) is 0 Å². The summed E-state index contributed by atoms with van der Waals surface area (Å²) in [4.78, 5) is 4.38. The summed E-state index contributed by atoms with van der Waals surface area (Å²) in [7, 11) is 0. The highest BCUT2D eigenvalue weighted by Gasteiger charge is 2.17. The van der Waals surface area contributed by atoms with Crippen LogP contribution in [0.2, 0.25) is 0 Å². The van der Waals surface area contributed by atoms with Gasteiger partial charge < -0.3 is 9.84 Å². The van der Waals surface area contributed by atoms with Gasteiger partial charge in [0.05, 0.1) is 0 Å². The highest BCUT2D eigenvalue weighted by atomic mass is 19.1. The Labute approximate surface area is 117 Å². The zero-order valence-corrected chi connectivity index (χ0v) is 11.3. The molecule has 1 saturated heterocycles. The molecular weight excluding hydrogens is 257 g/mol. The van der Waals surface area contributed by atoms with Crippen molar-refractivity contribution in [1.29, 1.82) is 0 Å². The molecule has 3 rings (SSSR count). The van der Waals surface area contributed by atoms with E-state index in [1.54, 1.807) is 12.1 Å². The molecule has 0 bridgehead atoms. The van der Waals surface area contributed by atoms with Gasteiger partial charge in [0, 0.05) is 12.8 Å². The summed E-state index contributed by atoms with van der Waals surface area (Å²) in [5.41, 5.74) is 0.599. The Morgan fingerprint density at radius 1 is 1.25 bits per heavy atom. The third-order valence-corrected chi connectivity index (χ3v) is 3.74. The molecule has 2 heterocycles. The topological polar surface area (TPSA) is 51.0 Å². The molecule has 1 aromatic carbocycles. The van der Waals surface area contributed by atoms with Crippen LogP contribution in [-0.2, 0) is 12.8 Å². The molecule has 106 valence electrons. The number of nitrogens with one attached hydrogen (secondary N) is 1. The van der Waals surface area contributed by atoms with Gasteiger partial charge >= 0.3 is 0 Å². The smallest absolute Gasteiger partial charge is 0.226 e. The number of rotatable bonds is 4. The van der Waals surface area contributed by atoms with Crippen LogP contribution in [0.3, 0.4) is 0 Å². The highest BCUT2D eigenvalue weighted by Crippen LogP contribution is 2.18. The van der Waals surface area contributed by atoms with Crippen LogP contribution in [0.25, 0.3) is 0 Å². The molecule has 0 atom stereocenters. The Morgan fingerprint density at radius 3 is 2.85 bits per heavy atom. The number of hydrogen-bond donors (Lipinski definition) is 1. The fourth-order valence-corrected chi connectivity index (χ4v) is 2.59. The summed E-state index contributed by atoms with van der Waals surface area (Å²) in [5, 5.41) is 7.29. The van der Waals surface area contributed by atoms with Gasteiger partial charge in [-0.15, -0.1) is 0 Å². The van der Waals surface area contributed by atoms with E-state index >= 15 is 0 Å². The first-order valence-electron chi connectivity index (χ1n) is 7.07. The molecule has 1 aliphatic heterocycles. The molecule has 20 heavy (non-hydrogen) atoms. The van der Waals surface area contributed by atoms with Crippen LogP contribution in [-0.4, -0.2) is 23.2 Å². The normalized spacial score (nSPS) is 16.4. The molecule has 0 spiro atoms. The zero-order chi connectivity index (χ0) is 13.8. The Morgan fingerprint density at radius 2 is 2.05 bits per heavy atom. The lowest BCUT2D eigenvalue weighted by molar-refractivity contribution is 0.312. The molecule has 1 fully saturated rings. The van der Waals surface area contributed by atoms with Crippen molar-refractivity contribution < 1.29 is 8.91 Å². The molecule has 5 heteroatoms. The maximum Gasteiger partial charge on any atom is 0.226 e. The van der Waals surface area contributed by atoms with E-state index in [-0.39, 0.29) is 5.82 Å². The van der Waals surface area contributed by atoms with Crippen molar-refractivity contribution in [2.24, 2.45) is 5.92 Å². The van der Waals surface area contributed by atoms with E-state index in [0.717, 1.165) is 32.4 Å². The van der Waals surface area contributed by atoms with Crippen LogP contribution < -0.4 is 5.32 Å². The van der Waals surface area contributed by atoms with E-state index in [0.29, 0.717) is 29.6 Å². The molecule has 0 saturated carbocycles. The average Bonchev–Trinajstić information content (AvgIpc) is 2.90. The zero-order valence-electron chi connectivity index (χ0n) is 11.3. The largest absolute Gasteiger partial charge is 0.339 e. The third kappa shape index (κ3) is 3.22. The van der Waals surface area contributed by atoms with Gasteiger partial charge in [0.25, 0.3) is 0 Å². The predicted octanol–water partition coefficient (Wildman–Crippen LogP) is 2.34. The van der Waals surface area contributed by atoms with Gasteiger partial charge in [-0.05, 0) is 43.5 Å². The van der Waals surface area contributed by atoms with Crippen LogP contribution >= 0.6 is 0 Å². The maximum absolute atomic E-state index is 13.6. The second kappa shape index (κ2) is 6.13. The van der Waals surface area contributed by atoms with Crippen LogP contribution in [0.1, 0.15) is 30.1 Å². The number of aromatic nitrogens is 2. The molecule has 0 unspecified atom stereocenters. The summed E-state index contributed by atoms with van der Waals surface area (Å²) in [6.07, 6.45) is 3.49. The summed E-state index contributed by atoms with van der Waals surface area (Å²) in [6.45, 7) is 2.11. The van der Waals surface area contributed by atoms with E-state index in [2.05, 4.69) is 15.5 Å². The first-order chi connectivity index (χ1) is 9.81. The monoisotopic (exact) mass is 275 g/mol. The SMILES string of the molecule is Fc1ccccc1Cc1noc(CC2CCNCC2)n1. The number of nitrogens with zero attached hydrogens (tertiary/aromatic N) is 2. The van der Waals surface area contributed by atoms with Crippen LogP contribution in [0.5, 0.6) is 0 Å². The Hall–Kier alpha value is -1.75. The van der Waals surface area contributed by atoms with Gasteiger partial charge in [0.15, 0.2) is 5.82 Å². The molecule has 1 aliphatic rings. The van der Waals surface area contributed by atoms with Crippen molar-refractivity contribution in [3.05, 3.63) is 47.4 Å². The number of halogens is 1. The van der Waals surface area contributed by atoms with Gasteiger partial charge in [-0.3, -0.25) is 0 Å². The van der Waals surface area contributed by atoms with Crippen molar-refractivity contribution in [3.8, 4) is 0 Å². The van der Waals surface area contributed by atoms with Crippen molar-refractivity contribution in [2.75, 3.05) is 13.1 Å². The number of hydrogen-bond acceptors (Lipinski definition) is 4. The van der Waals surface area contributed by atoms with E-state index in [1.807, 2.05) is 6.07 Å². The van der Waals surface area contributed by atoms with Gasteiger partial charge in [0.1, 0.15) is 5.82 Å². The van der Waals surface area contributed by atoms with Gasteiger partial charge in [-0.2, -0.15) is 4.98 Å². The lowest BCUT2D eigenvalue weighted by Crippen LogP contribution is -2.28. The predicted molar refractivity (Wildman–Crippen MR) is 72.8 cm³/mol. The minimum absolute atomic E-state index is 0.225. The highest BCUT2D eigenvalue weighted by molar-refractivity contribution is 5.20. The molecule has 2 aromatic rings. The molecule has 0 aliphatic carbocycles. The van der Waals surface area contributed by atoms with Crippen LogP contribution in [0.4, 0.5) is 4.39 Å². The summed E-state index contributed by atoms with van der Waals surface area (Å²) in [6, 6.07) is 6.69. The first kappa shape index (κ1) is 13.2. The fraction of sp³-hybridized carbons (Fsp3) is 0.467. The fourth-order valence-electron chi connectivity index (χ4n) is 2.59. The van der Waals surface area contributed by atoms with Gasteiger partial charge in [-0.1, -0.05) is 23.4 Å². The third-order valence-electron chi connectivity index (χ3n) is 3.74. The molecule has 0 amide bonds. The maximum atomic E-state index is 13.6. The Bertz CT molecular complexity index is 564. The number of piperidine rings is 1. The van der Waals surface area contributed by atoms with E-state index in [4.69, 9.17) is 4.52 Å². The lowest BCUT2D eigenvalue weighted by Gasteiger charge is -2.20. The first-order valence-corrected chi connectivity index (χ1v) is 7.07. The molecule has 4 nitrogen and oxygen atoms in total. The average molecular weight is 275 g/mol. The number of benzene rings is 1. The second-order valence-corrected chi connectivity index (χ2v) is 5.27. The van der Waals surface area contributed by atoms with Crippen LogP contribution in [0, 0.1) is 11.7 Å². The van der Waals surface area contributed by atoms with Gasteiger partial charge in [0.2, 0.25) is 5.89 Å². The second-order valence-electron chi connectivity index (χ2n) is 5.27. The minimum Gasteiger partial charge on any atom is -0.339 e. The summed E-state index contributed by atoms with van der Waals surface area (Å²) >= 11 is 0. The summed E-state index contributed by atoms with van der Waals surface area (Å²) in [5.74, 6) is 1.61. The molecule has 1 N–H and O–H groups in total. The quantitative estimate of drug-likeness (QED) is 0.930. The Kier molecular flexibility index (Phi) is 4.06. The van der Waals surface area contributed by atoms with Crippen LogP contribution in [0.15, 0.2) is 28.8 Å². The lowest BCUT2D eigenvalue weighted by atomic mass is 9.95.